The van der Waals surface area contributed by atoms with Crippen molar-refractivity contribution in [2.24, 2.45) is 0 Å². The zero-order valence-electron chi connectivity index (χ0n) is 13.2. The highest BCUT2D eigenvalue weighted by Crippen LogP contribution is 2.26. The number of aromatic nitrogens is 2. The number of benzene rings is 2. The molecule has 132 valence electrons. The number of amides is 1. The summed E-state index contributed by atoms with van der Waals surface area (Å²) in [6.45, 7) is 0.209. The Morgan fingerprint density at radius 1 is 1.15 bits per heavy atom. The van der Waals surface area contributed by atoms with E-state index in [1.807, 2.05) is 30.3 Å². The lowest BCUT2D eigenvalue weighted by Gasteiger charge is -2.08. The maximum atomic E-state index is 12.6. The van der Waals surface area contributed by atoms with E-state index in [1.165, 1.54) is 10.7 Å². The number of nitro groups is 1. The van der Waals surface area contributed by atoms with E-state index >= 15 is 0 Å². The van der Waals surface area contributed by atoms with Gasteiger partial charge in [-0.15, -0.1) is 0 Å². The first kappa shape index (κ1) is 17.9. The van der Waals surface area contributed by atoms with E-state index in [1.54, 1.807) is 12.1 Å². The van der Waals surface area contributed by atoms with Gasteiger partial charge in [0.05, 0.1) is 28.4 Å². The van der Waals surface area contributed by atoms with E-state index in [2.05, 4.69) is 10.4 Å². The number of halogens is 2. The molecule has 1 amide bonds. The molecular formula is C17H12Cl2N4O3. The van der Waals surface area contributed by atoms with Gasteiger partial charge < -0.3 is 15.4 Å². The van der Waals surface area contributed by atoms with Crippen molar-refractivity contribution in [2.45, 2.75) is 6.54 Å². The van der Waals surface area contributed by atoms with E-state index in [0.717, 1.165) is 11.6 Å². The van der Waals surface area contributed by atoms with Crippen LogP contribution in [0.1, 0.15) is 16.1 Å². The molecule has 3 rings (SSSR count). The Hall–Kier alpha value is -2.90. The average Bonchev–Trinajstić information content (AvgIpc) is 3.03. The van der Waals surface area contributed by atoms with Crippen molar-refractivity contribution in [3.05, 3.63) is 86.0 Å². The molecule has 3 aromatic rings. The van der Waals surface area contributed by atoms with Gasteiger partial charge in [0.2, 0.25) is 0 Å². The number of rotatable bonds is 5. The van der Waals surface area contributed by atoms with Gasteiger partial charge in [-0.05, 0) is 28.7 Å². The van der Waals surface area contributed by atoms with Crippen LogP contribution in [0.15, 0.2) is 54.6 Å². The first-order chi connectivity index (χ1) is 12.4. The minimum atomic E-state index is -0.648. The lowest BCUT2D eigenvalue weighted by Crippen LogP contribution is -2.18. The van der Waals surface area contributed by atoms with Crippen LogP contribution in [-0.2, 0) is 6.54 Å². The summed E-state index contributed by atoms with van der Waals surface area (Å²) in [5, 5.41) is 18.3. The van der Waals surface area contributed by atoms with Crippen molar-refractivity contribution in [3.8, 4) is 0 Å². The quantitative estimate of drug-likeness (QED) is 0.516. The van der Waals surface area contributed by atoms with Crippen molar-refractivity contribution in [2.75, 3.05) is 5.32 Å². The number of nitrogens with zero attached hydrogens (tertiary/aromatic N) is 3. The number of carbonyl (C=O) groups excluding carboxylic acids is 1. The molecule has 0 bridgehead atoms. The number of hydrogen-bond donors (Lipinski definition) is 1. The normalized spacial score (nSPS) is 10.5. The van der Waals surface area contributed by atoms with Gasteiger partial charge in [0.1, 0.15) is 0 Å². The molecule has 0 atom stereocenters. The monoisotopic (exact) mass is 390 g/mol. The highest BCUT2D eigenvalue weighted by atomic mass is 35.5. The zero-order valence-corrected chi connectivity index (χ0v) is 14.7. The van der Waals surface area contributed by atoms with Gasteiger partial charge in [0, 0.05) is 5.02 Å². The van der Waals surface area contributed by atoms with E-state index in [4.69, 9.17) is 23.2 Å². The maximum absolute atomic E-state index is 12.6. The Kier molecular flexibility index (Phi) is 5.20. The minimum Gasteiger partial charge on any atom is -0.358 e. The third kappa shape index (κ3) is 4.01. The van der Waals surface area contributed by atoms with Crippen molar-refractivity contribution < 1.29 is 9.72 Å². The van der Waals surface area contributed by atoms with Crippen molar-refractivity contribution in [1.82, 2.24) is 9.78 Å². The van der Waals surface area contributed by atoms with E-state index in [-0.39, 0.29) is 12.2 Å². The van der Waals surface area contributed by atoms with Crippen LogP contribution in [0.5, 0.6) is 0 Å². The first-order valence-electron chi connectivity index (χ1n) is 7.46. The second-order valence-electron chi connectivity index (χ2n) is 5.37. The van der Waals surface area contributed by atoms with Crippen LogP contribution in [0.2, 0.25) is 10.0 Å². The van der Waals surface area contributed by atoms with Gasteiger partial charge >= 0.3 is 5.82 Å². The molecule has 26 heavy (non-hydrogen) atoms. The molecule has 0 radical (unpaired) electrons. The van der Waals surface area contributed by atoms with Crippen LogP contribution >= 0.6 is 23.2 Å². The van der Waals surface area contributed by atoms with Crippen molar-refractivity contribution in [3.63, 3.8) is 0 Å². The van der Waals surface area contributed by atoms with Crippen LogP contribution in [0.25, 0.3) is 0 Å². The Labute approximate surface area is 158 Å². The molecule has 2 aromatic carbocycles. The molecule has 9 heteroatoms. The molecule has 0 saturated carbocycles. The second kappa shape index (κ2) is 7.55. The fourth-order valence-corrected chi connectivity index (χ4v) is 2.67. The summed E-state index contributed by atoms with van der Waals surface area (Å²) >= 11 is 12.0. The Balaban J connectivity index is 1.93. The summed E-state index contributed by atoms with van der Waals surface area (Å²) in [5.41, 5.74) is 1.19. The molecule has 1 N–H and O–H groups in total. The standard InChI is InChI=1S/C17H12Cl2N4O3/c18-12-6-7-13(19)14(8-12)20-17(24)15-9-16(23(25)26)21-22(15)10-11-4-2-1-3-5-11/h1-9H,10H2,(H,20,24). The Bertz CT molecular complexity index is 973. The molecule has 0 aliphatic heterocycles. The van der Waals surface area contributed by atoms with Crippen LogP contribution < -0.4 is 5.32 Å². The number of anilines is 1. The first-order valence-corrected chi connectivity index (χ1v) is 8.22. The van der Waals surface area contributed by atoms with Gasteiger partial charge in [-0.1, -0.05) is 53.5 Å². The summed E-state index contributed by atoms with van der Waals surface area (Å²) in [5.74, 6) is -0.992. The fraction of sp³-hybridized carbons (Fsp3) is 0.0588. The Morgan fingerprint density at radius 3 is 2.58 bits per heavy atom. The van der Waals surface area contributed by atoms with Gasteiger partial charge in [-0.2, -0.15) is 4.68 Å². The molecule has 0 saturated heterocycles. The molecule has 0 aliphatic carbocycles. The zero-order chi connectivity index (χ0) is 18.7. The number of carbonyl (C=O) groups is 1. The summed E-state index contributed by atoms with van der Waals surface area (Å²) in [6, 6.07) is 14.9. The van der Waals surface area contributed by atoms with Crippen LogP contribution in [0.3, 0.4) is 0 Å². The predicted octanol–water partition coefficient (Wildman–Crippen LogP) is 4.40. The summed E-state index contributed by atoms with van der Waals surface area (Å²) in [6.07, 6.45) is 0. The summed E-state index contributed by atoms with van der Waals surface area (Å²) < 4.78 is 1.28. The van der Waals surface area contributed by atoms with E-state index in [0.29, 0.717) is 15.7 Å². The molecule has 0 unspecified atom stereocenters. The predicted molar refractivity (Wildman–Crippen MR) is 98.8 cm³/mol. The number of hydrogen-bond acceptors (Lipinski definition) is 4. The lowest BCUT2D eigenvalue weighted by atomic mass is 10.2. The molecule has 0 aliphatic rings. The van der Waals surface area contributed by atoms with Crippen LogP contribution in [0.4, 0.5) is 11.5 Å². The highest BCUT2D eigenvalue weighted by Gasteiger charge is 2.24. The molecular weight excluding hydrogens is 379 g/mol. The molecule has 0 fully saturated rings. The summed E-state index contributed by atoms with van der Waals surface area (Å²) in [7, 11) is 0. The minimum absolute atomic E-state index is 0.0385. The topological polar surface area (TPSA) is 90.1 Å². The molecule has 7 nitrogen and oxygen atoms in total. The summed E-state index contributed by atoms with van der Waals surface area (Å²) in [4.78, 5) is 23.0. The largest absolute Gasteiger partial charge is 0.390 e. The average molecular weight is 391 g/mol. The maximum Gasteiger partial charge on any atom is 0.390 e. The smallest absolute Gasteiger partial charge is 0.358 e. The second-order valence-corrected chi connectivity index (χ2v) is 6.21. The lowest BCUT2D eigenvalue weighted by molar-refractivity contribution is -0.389. The van der Waals surface area contributed by atoms with Crippen molar-refractivity contribution in [1.29, 1.82) is 0 Å². The SMILES string of the molecule is O=C(Nc1cc(Cl)ccc1Cl)c1cc([N+](=O)[O-])nn1Cc1ccccc1. The van der Waals surface area contributed by atoms with Gasteiger partial charge in [-0.3, -0.25) is 4.79 Å². The van der Waals surface area contributed by atoms with Crippen LogP contribution in [0, 0.1) is 10.1 Å². The number of nitrogens with one attached hydrogen (secondary N) is 1. The highest BCUT2D eigenvalue weighted by molar-refractivity contribution is 6.35. The van der Waals surface area contributed by atoms with Gasteiger partial charge in [0.15, 0.2) is 5.69 Å². The van der Waals surface area contributed by atoms with Crippen LogP contribution in [-0.4, -0.2) is 20.6 Å². The van der Waals surface area contributed by atoms with E-state index in [9.17, 15) is 14.9 Å². The van der Waals surface area contributed by atoms with Gasteiger partial charge in [0.25, 0.3) is 5.91 Å². The fourth-order valence-electron chi connectivity index (χ4n) is 2.33. The third-order valence-corrected chi connectivity index (χ3v) is 4.10. The molecule has 1 heterocycles. The molecule has 1 aromatic heterocycles. The van der Waals surface area contributed by atoms with Crippen molar-refractivity contribution >= 4 is 40.6 Å². The Morgan fingerprint density at radius 2 is 1.88 bits per heavy atom. The van der Waals surface area contributed by atoms with Gasteiger partial charge in [-0.25, -0.2) is 0 Å². The molecule has 0 spiro atoms. The third-order valence-electron chi connectivity index (χ3n) is 3.54. The van der Waals surface area contributed by atoms with E-state index < -0.39 is 16.6 Å².